The molecule has 1 amide bonds. The van der Waals surface area contributed by atoms with E-state index in [1.165, 1.54) is 10.4 Å². The molecule has 2 heterocycles. The number of sulfonamides is 1. The second kappa shape index (κ2) is 9.64. The summed E-state index contributed by atoms with van der Waals surface area (Å²) in [7, 11) is -2.19. The number of rotatable bonds is 5. The van der Waals surface area contributed by atoms with Crippen molar-refractivity contribution in [2.45, 2.75) is 30.9 Å². The number of benzene rings is 1. The first-order valence-electron chi connectivity index (χ1n) is 9.89. The van der Waals surface area contributed by atoms with Gasteiger partial charge in [0, 0.05) is 48.0 Å². The third-order valence-corrected chi connectivity index (χ3v) is 7.87. The summed E-state index contributed by atoms with van der Waals surface area (Å²) in [6.45, 7) is 3.66. The first-order chi connectivity index (χ1) is 14.6. The lowest BCUT2D eigenvalue weighted by molar-refractivity contribution is 0.0563. The number of aliphatic hydroxyl groups excluding tert-OH is 1. The molecule has 31 heavy (non-hydrogen) atoms. The van der Waals surface area contributed by atoms with Crippen molar-refractivity contribution in [2.24, 2.45) is 5.92 Å². The van der Waals surface area contributed by atoms with Crippen molar-refractivity contribution in [3.63, 3.8) is 0 Å². The van der Waals surface area contributed by atoms with Crippen molar-refractivity contribution in [3.8, 4) is 5.75 Å². The quantitative estimate of drug-likeness (QED) is 0.661. The van der Waals surface area contributed by atoms with Gasteiger partial charge in [0.1, 0.15) is 16.7 Å². The van der Waals surface area contributed by atoms with E-state index >= 15 is 0 Å². The van der Waals surface area contributed by atoms with Crippen molar-refractivity contribution in [1.82, 2.24) is 14.2 Å². The fourth-order valence-electron chi connectivity index (χ4n) is 3.49. The van der Waals surface area contributed by atoms with E-state index in [1.54, 1.807) is 55.5 Å². The van der Waals surface area contributed by atoms with Crippen LogP contribution in [0.15, 0.2) is 52.1 Å². The highest BCUT2D eigenvalue weighted by Crippen LogP contribution is 2.35. The smallest absolute Gasteiger partial charge is 0.253 e. The number of amides is 1. The van der Waals surface area contributed by atoms with Crippen molar-refractivity contribution in [3.05, 3.63) is 52.8 Å². The van der Waals surface area contributed by atoms with Gasteiger partial charge in [-0.15, -0.1) is 0 Å². The Hall–Kier alpha value is -2.01. The molecule has 0 bridgehead atoms. The molecule has 168 valence electrons. The molecule has 3 atom stereocenters. The third-order valence-electron chi connectivity index (χ3n) is 5.36. The molecule has 10 heteroatoms. The Morgan fingerprint density at radius 3 is 2.68 bits per heavy atom. The van der Waals surface area contributed by atoms with Gasteiger partial charge in [-0.25, -0.2) is 8.42 Å². The topological polar surface area (TPSA) is 100 Å². The molecule has 8 nitrogen and oxygen atoms in total. The Morgan fingerprint density at radius 1 is 1.35 bits per heavy atom. The lowest BCUT2D eigenvalue weighted by Gasteiger charge is -2.37. The van der Waals surface area contributed by atoms with Gasteiger partial charge in [-0.1, -0.05) is 22.9 Å². The second-order valence-electron chi connectivity index (χ2n) is 7.75. The van der Waals surface area contributed by atoms with Gasteiger partial charge in [0.15, 0.2) is 0 Å². The van der Waals surface area contributed by atoms with Crippen LogP contribution in [0, 0.1) is 5.92 Å². The summed E-state index contributed by atoms with van der Waals surface area (Å²) < 4.78 is 34.8. The Bertz CT molecular complexity index is 1030. The largest absolute Gasteiger partial charge is 0.487 e. The van der Waals surface area contributed by atoms with E-state index < -0.39 is 22.2 Å². The van der Waals surface area contributed by atoms with Crippen LogP contribution in [0.3, 0.4) is 0 Å². The van der Waals surface area contributed by atoms with Crippen LogP contribution in [-0.4, -0.2) is 72.5 Å². The minimum atomic E-state index is -3.87. The molecule has 3 rings (SSSR count). The van der Waals surface area contributed by atoms with Gasteiger partial charge in [0.25, 0.3) is 5.91 Å². The van der Waals surface area contributed by atoms with Crippen LogP contribution in [0.1, 0.15) is 24.2 Å². The Kier molecular flexibility index (Phi) is 7.35. The predicted octanol–water partition coefficient (Wildman–Crippen LogP) is 2.38. The van der Waals surface area contributed by atoms with Gasteiger partial charge in [-0.3, -0.25) is 9.78 Å². The molecular weight excluding hydrogens is 486 g/mol. The number of hydrogen-bond acceptors (Lipinski definition) is 6. The maximum absolute atomic E-state index is 13.3. The molecule has 1 aliphatic rings. The SMILES string of the molecule is C[C@@H]1CN([C@@H](C)CO)S(=O)(=O)c2ccc(Br)cc2O[C@H]1CN(C)C(=O)c1ccncc1. The van der Waals surface area contributed by atoms with Gasteiger partial charge in [-0.2, -0.15) is 4.31 Å². The summed E-state index contributed by atoms with van der Waals surface area (Å²) in [6.07, 6.45) is 2.65. The Morgan fingerprint density at radius 2 is 2.03 bits per heavy atom. The van der Waals surface area contributed by atoms with Crippen LogP contribution in [0.25, 0.3) is 0 Å². The van der Waals surface area contributed by atoms with Crippen molar-refractivity contribution in [1.29, 1.82) is 0 Å². The van der Waals surface area contributed by atoms with Crippen LogP contribution >= 0.6 is 15.9 Å². The van der Waals surface area contributed by atoms with E-state index in [9.17, 15) is 18.3 Å². The first-order valence-corrected chi connectivity index (χ1v) is 12.1. The standard InChI is InChI=1S/C21H26BrN3O5S/c1-14-11-25(15(2)13-26)31(28,29)20-5-4-17(22)10-18(20)30-19(14)12-24(3)21(27)16-6-8-23-9-7-16/h4-10,14-15,19,26H,11-13H2,1-3H3/t14-,15+,19+/m1/s1. The van der Waals surface area contributed by atoms with E-state index in [0.29, 0.717) is 10.0 Å². The average molecular weight is 512 g/mol. The Balaban J connectivity index is 1.96. The number of likely N-dealkylation sites (N-methyl/N-ethyl adjacent to an activating group) is 1. The number of aromatic nitrogens is 1. The van der Waals surface area contributed by atoms with Crippen LogP contribution < -0.4 is 4.74 Å². The van der Waals surface area contributed by atoms with E-state index in [4.69, 9.17) is 4.74 Å². The molecule has 0 fully saturated rings. The summed E-state index contributed by atoms with van der Waals surface area (Å²) >= 11 is 3.37. The van der Waals surface area contributed by atoms with Gasteiger partial charge >= 0.3 is 0 Å². The molecule has 0 aliphatic carbocycles. The zero-order chi connectivity index (χ0) is 22.8. The van der Waals surface area contributed by atoms with E-state index in [0.717, 1.165) is 0 Å². The van der Waals surface area contributed by atoms with Crippen molar-refractivity contribution in [2.75, 3.05) is 26.7 Å². The summed E-state index contributed by atoms with van der Waals surface area (Å²) in [5, 5.41) is 9.67. The molecule has 0 radical (unpaired) electrons. The molecule has 0 saturated heterocycles. The fraction of sp³-hybridized carbons (Fsp3) is 0.429. The highest BCUT2D eigenvalue weighted by molar-refractivity contribution is 9.10. The van der Waals surface area contributed by atoms with Gasteiger partial charge in [0.2, 0.25) is 10.0 Å². The number of nitrogens with zero attached hydrogens (tertiary/aromatic N) is 3. The highest BCUT2D eigenvalue weighted by atomic mass is 79.9. The maximum Gasteiger partial charge on any atom is 0.253 e. The molecule has 2 aromatic rings. The second-order valence-corrected chi connectivity index (χ2v) is 10.5. The van der Waals surface area contributed by atoms with Crippen LogP contribution in [-0.2, 0) is 10.0 Å². The lowest BCUT2D eigenvalue weighted by atomic mass is 10.0. The van der Waals surface area contributed by atoms with Crippen LogP contribution in [0.5, 0.6) is 5.75 Å². The third kappa shape index (κ3) is 5.08. The van der Waals surface area contributed by atoms with E-state index in [1.807, 2.05) is 6.92 Å². The normalized spacial score (nSPS) is 21.8. The van der Waals surface area contributed by atoms with Gasteiger partial charge in [-0.05, 0) is 37.3 Å². The number of hydrogen-bond donors (Lipinski definition) is 1. The number of carbonyl (C=O) groups excluding carboxylic acids is 1. The summed E-state index contributed by atoms with van der Waals surface area (Å²) in [4.78, 5) is 18.3. The van der Waals surface area contributed by atoms with Crippen molar-refractivity contribution < 1.29 is 23.1 Å². The number of fused-ring (bicyclic) bond motifs is 1. The molecule has 1 aromatic heterocycles. The Labute approximate surface area is 191 Å². The number of aliphatic hydroxyl groups is 1. The maximum atomic E-state index is 13.3. The number of pyridine rings is 1. The lowest BCUT2D eigenvalue weighted by Crippen LogP contribution is -2.50. The summed E-state index contributed by atoms with van der Waals surface area (Å²) in [5.41, 5.74) is 0.511. The summed E-state index contributed by atoms with van der Waals surface area (Å²) in [5.74, 6) is -0.211. The van der Waals surface area contributed by atoms with E-state index in [2.05, 4.69) is 20.9 Å². The predicted molar refractivity (Wildman–Crippen MR) is 119 cm³/mol. The monoisotopic (exact) mass is 511 g/mol. The highest BCUT2D eigenvalue weighted by Gasteiger charge is 2.38. The molecule has 1 N–H and O–H groups in total. The minimum absolute atomic E-state index is 0.0380. The average Bonchev–Trinajstić information content (AvgIpc) is 2.75. The van der Waals surface area contributed by atoms with Gasteiger partial charge < -0.3 is 14.7 Å². The molecule has 1 aliphatic heterocycles. The summed E-state index contributed by atoms with van der Waals surface area (Å²) in [6, 6.07) is 7.44. The van der Waals surface area contributed by atoms with Crippen LogP contribution in [0.2, 0.25) is 0 Å². The minimum Gasteiger partial charge on any atom is -0.487 e. The molecular formula is C21H26BrN3O5S. The zero-order valence-electron chi connectivity index (χ0n) is 17.6. The first kappa shape index (κ1) is 23.6. The van der Waals surface area contributed by atoms with E-state index in [-0.39, 0.29) is 42.2 Å². The zero-order valence-corrected chi connectivity index (χ0v) is 20.0. The van der Waals surface area contributed by atoms with Crippen molar-refractivity contribution >= 4 is 31.9 Å². The number of ether oxygens (including phenoxy) is 1. The fourth-order valence-corrected chi connectivity index (χ4v) is 5.65. The molecule has 0 unspecified atom stereocenters. The van der Waals surface area contributed by atoms with Gasteiger partial charge in [0.05, 0.1) is 13.2 Å². The number of halogens is 1. The molecule has 0 spiro atoms. The molecule has 1 aromatic carbocycles. The number of carbonyl (C=O) groups is 1. The van der Waals surface area contributed by atoms with Crippen LogP contribution in [0.4, 0.5) is 0 Å². The molecule has 0 saturated carbocycles.